The fourth-order valence-electron chi connectivity index (χ4n) is 3.02. The smallest absolute Gasteiger partial charge is 0.416 e. The summed E-state index contributed by atoms with van der Waals surface area (Å²) in [6.45, 7) is 1.86. The lowest BCUT2D eigenvalue weighted by atomic mass is 10.1. The van der Waals surface area contributed by atoms with E-state index in [4.69, 9.17) is 9.47 Å². The van der Waals surface area contributed by atoms with E-state index in [-0.39, 0.29) is 24.0 Å². The van der Waals surface area contributed by atoms with Crippen molar-refractivity contribution in [2.45, 2.75) is 19.2 Å². The molecule has 6 nitrogen and oxygen atoms in total. The number of carbonyl (C=O) groups is 1. The largest absolute Gasteiger partial charge is 0.487 e. The molecule has 146 valence electrons. The van der Waals surface area contributed by atoms with Crippen LogP contribution in [0.3, 0.4) is 0 Å². The van der Waals surface area contributed by atoms with Crippen molar-refractivity contribution in [3.63, 3.8) is 0 Å². The summed E-state index contributed by atoms with van der Waals surface area (Å²) in [5.41, 5.74) is -0.0146. The zero-order valence-electron chi connectivity index (χ0n) is 14.8. The first kappa shape index (κ1) is 19.2. The number of nitrogens with zero attached hydrogens (tertiary/aromatic N) is 2. The van der Waals surface area contributed by atoms with Crippen molar-refractivity contribution < 1.29 is 27.4 Å². The highest BCUT2D eigenvalue weighted by Crippen LogP contribution is 2.31. The highest BCUT2D eigenvalue weighted by Gasteiger charge is 2.31. The van der Waals surface area contributed by atoms with Gasteiger partial charge in [-0.2, -0.15) is 18.3 Å². The molecule has 9 heteroatoms. The van der Waals surface area contributed by atoms with Crippen LogP contribution in [0.4, 0.5) is 13.2 Å². The van der Waals surface area contributed by atoms with E-state index in [2.05, 4.69) is 10.2 Å². The average molecular weight is 383 g/mol. The summed E-state index contributed by atoms with van der Waals surface area (Å²) in [6.07, 6.45) is -3.54. The van der Waals surface area contributed by atoms with Crippen molar-refractivity contribution in [1.29, 1.82) is 0 Å². The molecule has 1 aromatic heterocycles. The number of aromatic amines is 1. The lowest BCUT2D eigenvalue weighted by Crippen LogP contribution is -2.29. The maximum absolute atomic E-state index is 12.7. The second kappa shape index (κ2) is 7.99. The van der Waals surface area contributed by atoms with Crippen LogP contribution in [0.25, 0.3) is 0 Å². The Bertz CT molecular complexity index is 791. The molecule has 27 heavy (non-hydrogen) atoms. The van der Waals surface area contributed by atoms with Gasteiger partial charge in [0.05, 0.1) is 17.9 Å². The Morgan fingerprint density at radius 2 is 2.19 bits per heavy atom. The quantitative estimate of drug-likeness (QED) is 0.832. The van der Waals surface area contributed by atoms with Gasteiger partial charge in [-0.1, -0.05) is 6.07 Å². The number of hydrogen-bond donors (Lipinski definition) is 1. The van der Waals surface area contributed by atoms with Gasteiger partial charge >= 0.3 is 6.18 Å². The highest BCUT2D eigenvalue weighted by molar-refractivity contribution is 5.92. The third-order valence-electron chi connectivity index (χ3n) is 4.38. The fraction of sp³-hybridized carbons (Fsp3) is 0.444. The number of benzene rings is 1. The van der Waals surface area contributed by atoms with Crippen LogP contribution < -0.4 is 4.74 Å². The molecule has 0 spiro atoms. The first-order chi connectivity index (χ1) is 12.9. The van der Waals surface area contributed by atoms with Crippen LogP contribution in [0.15, 0.2) is 30.3 Å². The maximum atomic E-state index is 12.7. The maximum Gasteiger partial charge on any atom is 0.416 e. The van der Waals surface area contributed by atoms with Crippen LogP contribution in [0, 0.1) is 5.92 Å². The zero-order valence-corrected chi connectivity index (χ0v) is 14.8. The molecule has 0 radical (unpaired) electrons. The van der Waals surface area contributed by atoms with Crippen LogP contribution in [-0.2, 0) is 17.5 Å². The molecule has 1 saturated heterocycles. The van der Waals surface area contributed by atoms with Crippen molar-refractivity contribution >= 4 is 5.91 Å². The van der Waals surface area contributed by atoms with E-state index in [9.17, 15) is 18.0 Å². The van der Waals surface area contributed by atoms with Gasteiger partial charge in [-0.15, -0.1) is 0 Å². The number of hydrogen-bond acceptors (Lipinski definition) is 4. The second-order valence-electron chi connectivity index (χ2n) is 6.45. The summed E-state index contributed by atoms with van der Waals surface area (Å²) < 4.78 is 48.7. The Kier molecular flexibility index (Phi) is 5.69. The van der Waals surface area contributed by atoms with E-state index < -0.39 is 11.7 Å². The molecule has 1 amide bonds. The molecule has 1 aromatic carbocycles. The van der Waals surface area contributed by atoms with E-state index in [1.54, 1.807) is 18.1 Å². The van der Waals surface area contributed by atoms with Gasteiger partial charge < -0.3 is 14.4 Å². The number of aromatic nitrogens is 2. The molecule has 1 unspecified atom stereocenters. The molecule has 1 N–H and O–H groups in total. The van der Waals surface area contributed by atoms with Gasteiger partial charge in [-0.05, 0) is 30.7 Å². The van der Waals surface area contributed by atoms with Crippen molar-refractivity contribution in [3.8, 4) is 5.75 Å². The Hall–Kier alpha value is -2.55. The number of amides is 1. The van der Waals surface area contributed by atoms with Crippen LogP contribution in [-0.4, -0.2) is 47.8 Å². The number of alkyl halides is 3. The molecule has 0 aliphatic carbocycles. The predicted molar refractivity (Wildman–Crippen MR) is 90.3 cm³/mol. The summed E-state index contributed by atoms with van der Waals surface area (Å²) in [6, 6.07) is 6.19. The van der Waals surface area contributed by atoms with Gasteiger partial charge in [0.2, 0.25) is 0 Å². The molecular formula is C18H20F3N3O3. The van der Waals surface area contributed by atoms with E-state index >= 15 is 0 Å². The van der Waals surface area contributed by atoms with Gasteiger partial charge in [0.25, 0.3) is 5.91 Å². The van der Waals surface area contributed by atoms with Crippen molar-refractivity contribution in [1.82, 2.24) is 15.1 Å². The lowest BCUT2D eigenvalue weighted by Gasteiger charge is -2.14. The number of likely N-dealkylation sites (tertiary alicyclic amines) is 1. The standard InChI is InChI=1S/C18H20F3N3O3/c1-26-10-12-5-6-24(9-12)17(25)16-8-14(22-23-16)11-27-15-4-2-3-13(7-15)18(19,20)21/h2-4,7-8,12H,5-6,9-11H2,1H3,(H,22,23). The van der Waals surface area contributed by atoms with Crippen LogP contribution >= 0.6 is 0 Å². The first-order valence-corrected chi connectivity index (χ1v) is 8.49. The van der Waals surface area contributed by atoms with E-state index in [0.29, 0.717) is 31.3 Å². The Morgan fingerprint density at radius 3 is 2.93 bits per heavy atom. The summed E-state index contributed by atoms with van der Waals surface area (Å²) in [5, 5.41) is 6.69. The average Bonchev–Trinajstić information content (AvgIpc) is 3.29. The molecule has 1 aliphatic rings. The third-order valence-corrected chi connectivity index (χ3v) is 4.38. The summed E-state index contributed by atoms with van der Waals surface area (Å²) in [5.74, 6) is 0.228. The first-order valence-electron chi connectivity index (χ1n) is 8.49. The van der Waals surface area contributed by atoms with E-state index in [1.807, 2.05) is 0 Å². The molecule has 1 fully saturated rings. The van der Waals surface area contributed by atoms with E-state index in [1.165, 1.54) is 12.1 Å². The number of methoxy groups -OCH3 is 1. The van der Waals surface area contributed by atoms with Crippen LogP contribution in [0.1, 0.15) is 28.2 Å². The number of rotatable bonds is 6. The molecule has 0 bridgehead atoms. The molecule has 2 heterocycles. The normalized spacial score (nSPS) is 17.3. The van der Waals surface area contributed by atoms with Crippen LogP contribution in [0.5, 0.6) is 5.75 Å². The number of halogens is 3. The Morgan fingerprint density at radius 1 is 1.37 bits per heavy atom. The van der Waals surface area contributed by atoms with Gasteiger partial charge in [0.1, 0.15) is 12.4 Å². The molecular weight excluding hydrogens is 363 g/mol. The number of ether oxygens (including phenoxy) is 2. The minimum absolute atomic E-state index is 0.0200. The predicted octanol–water partition coefficient (Wildman–Crippen LogP) is 3.12. The van der Waals surface area contributed by atoms with Crippen molar-refractivity contribution in [3.05, 3.63) is 47.3 Å². The lowest BCUT2D eigenvalue weighted by molar-refractivity contribution is -0.137. The molecule has 0 saturated carbocycles. The molecule has 2 aromatic rings. The molecule has 1 aliphatic heterocycles. The van der Waals surface area contributed by atoms with Crippen molar-refractivity contribution in [2.75, 3.05) is 26.8 Å². The molecule has 3 rings (SSSR count). The van der Waals surface area contributed by atoms with E-state index in [0.717, 1.165) is 18.6 Å². The van der Waals surface area contributed by atoms with Gasteiger partial charge in [-0.25, -0.2) is 0 Å². The van der Waals surface area contributed by atoms with Gasteiger partial charge in [-0.3, -0.25) is 9.89 Å². The second-order valence-corrected chi connectivity index (χ2v) is 6.45. The van der Waals surface area contributed by atoms with Crippen molar-refractivity contribution in [2.24, 2.45) is 5.92 Å². The summed E-state index contributed by atoms with van der Waals surface area (Å²) in [4.78, 5) is 14.2. The number of carbonyl (C=O) groups excluding carboxylic acids is 1. The zero-order chi connectivity index (χ0) is 19.4. The van der Waals surface area contributed by atoms with Crippen LogP contribution in [0.2, 0.25) is 0 Å². The minimum atomic E-state index is -4.43. The summed E-state index contributed by atoms with van der Waals surface area (Å²) in [7, 11) is 1.63. The Balaban J connectivity index is 1.58. The fourth-order valence-corrected chi connectivity index (χ4v) is 3.02. The highest BCUT2D eigenvalue weighted by atomic mass is 19.4. The topological polar surface area (TPSA) is 67.4 Å². The Labute approximate surface area is 154 Å². The third kappa shape index (κ3) is 4.79. The van der Waals surface area contributed by atoms with Gasteiger partial charge in [0, 0.05) is 26.1 Å². The SMILES string of the molecule is COCC1CCN(C(=O)c2cc(COc3cccc(C(F)(F)F)c3)[nH]n2)C1. The minimum Gasteiger partial charge on any atom is -0.487 e. The summed E-state index contributed by atoms with van der Waals surface area (Å²) >= 11 is 0. The number of nitrogens with one attached hydrogen (secondary N) is 1. The monoisotopic (exact) mass is 383 g/mol. The van der Waals surface area contributed by atoms with Gasteiger partial charge in [0.15, 0.2) is 5.69 Å². The number of H-pyrrole nitrogens is 1. The molecule has 1 atom stereocenters.